The summed E-state index contributed by atoms with van der Waals surface area (Å²) in [5.74, 6) is 0.536. The van der Waals surface area contributed by atoms with Crippen molar-refractivity contribution in [3.63, 3.8) is 0 Å². The van der Waals surface area contributed by atoms with Gasteiger partial charge in [-0.05, 0) is 0 Å². The molecule has 0 aliphatic heterocycles. The van der Waals surface area contributed by atoms with E-state index >= 15 is 0 Å². The van der Waals surface area contributed by atoms with E-state index in [0.717, 1.165) is 22.2 Å². The van der Waals surface area contributed by atoms with Crippen LogP contribution in [0.15, 0.2) is 55.1 Å². The molecule has 0 N–H and O–H groups in total. The van der Waals surface area contributed by atoms with Gasteiger partial charge in [0.25, 0.3) is 0 Å². The van der Waals surface area contributed by atoms with E-state index in [4.69, 9.17) is 16.3 Å². The Labute approximate surface area is 175 Å². The zero-order chi connectivity index (χ0) is 20.3. The normalized spacial score (nSPS) is 10.8. The summed E-state index contributed by atoms with van der Waals surface area (Å²) in [5, 5.41) is 2.14. The third-order valence-electron chi connectivity index (χ3n) is 4.52. The Kier molecular flexibility index (Phi) is 6.40. The average Bonchev–Trinajstić information content (AvgIpc) is 2.97. The second-order valence-electron chi connectivity index (χ2n) is 6.24. The molecule has 0 bridgehead atoms. The molecule has 0 radical (unpaired) electrons. The summed E-state index contributed by atoms with van der Waals surface area (Å²) >= 11 is 5.80. The molecule has 3 rings (SSSR count). The molecule has 28 heavy (non-hydrogen) atoms. The van der Waals surface area contributed by atoms with Gasteiger partial charge in [0.1, 0.15) is 0 Å². The van der Waals surface area contributed by atoms with Crippen LogP contribution in [-0.4, -0.2) is 37.2 Å². The number of halogens is 1. The molecular formula is C22H20ClNO3Se. The number of rotatable bonds is 7. The molecule has 4 nitrogen and oxygen atoms in total. The first-order valence-electron chi connectivity index (χ1n) is 8.71. The molecule has 2 aromatic carbocycles. The van der Waals surface area contributed by atoms with Crippen LogP contribution in [-0.2, 0) is 11.2 Å². The van der Waals surface area contributed by atoms with Crippen LogP contribution >= 0.6 is 11.6 Å². The Hall–Kier alpha value is -2.33. The molecule has 1 heterocycles. The van der Waals surface area contributed by atoms with Crippen LogP contribution < -0.4 is 4.74 Å². The van der Waals surface area contributed by atoms with E-state index in [0.29, 0.717) is 28.1 Å². The third-order valence-corrected chi connectivity index (χ3v) is 6.59. The molecule has 0 saturated heterocycles. The van der Waals surface area contributed by atoms with E-state index in [1.807, 2.05) is 25.1 Å². The summed E-state index contributed by atoms with van der Waals surface area (Å²) in [4.78, 5) is 25.7. The van der Waals surface area contributed by atoms with E-state index in [-0.39, 0.29) is 25.5 Å². The number of allylic oxidation sites excluding steroid dienone is 1. The number of hydrogen-bond donors (Lipinski definition) is 0. The Bertz CT molecular complexity index is 1050. The van der Waals surface area contributed by atoms with Crippen molar-refractivity contribution >= 4 is 48.0 Å². The van der Waals surface area contributed by atoms with Crippen LogP contribution in [0.2, 0.25) is 10.3 Å². The maximum atomic E-state index is 13.2. The van der Waals surface area contributed by atoms with Gasteiger partial charge in [0, 0.05) is 0 Å². The minimum atomic E-state index is -0.153. The van der Waals surface area contributed by atoms with E-state index in [1.165, 1.54) is 0 Å². The molecule has 3 aromatic rings. The van der Waals surface area contributed by atoms with E-state index in [9.17, 15) is 9.59 Å². The summed E-state index contributed by atoms with van der Waals surface area (Å²) in [6, 6.07) is 12.4. The van der Waals surface area contributed by atoms with Gasteiger partial charge in [-0.1, -0.05) is 0 Å². The Morgan fingerprint density at radius 2 is 1.93 bits per heavy atom. The fourth-order valence-corrected chi connectivity index (χ4v) is 4.42. The number of fused-ring (bicyclic) bond motifs is 1. The fourth-order valence-electron chi connectivity index (χ4n) is 3.14. The number of methoxy groups -OCH3 is 1. The fraction of sp³-hybridized carbons (Fsp3) is 0.182. The Morgan fingerprint density at radius 3 is 2.57 bits per heavy atom. The first-order valence-corrected chi connectivity index (χ1v) is 11.2. The topological polar surface area (TPSA) is 48.3 Å². The molecule has 0 fully saturated rings. The summed E-state index contributed by atoms with van der Waals surface area (Å²) in [7, 11) is 1.60. The van der Waals surface area contributed by atoms with Crippen LogP contribution in [0.25, 0.3) is 10.9 Å². The number of carbonyl (C=O) groups is 2. The van der Waals surface area contributed by atoms with E-state index < -0.39 is 0 Å². The molecule has 0 aliphatic carbocycles. The number of hydrogen-bond acceptors (Lipinski definition) is 3. The van der Waals surface area contributed by atoms with Crippen LogP contribution in [0.5, 0.6) is 5.75 Å². The van der Waals surface area contributed by atoms with Crippen molar-refractivity contribution in [2.45, 2.75) is 18.7 Å². The predicted molar refractivity (Wildman–Crippen MR) is 114 cm³/mol. The predicted octanol–water partition coefficient (Wildman–Crippen LogP) is 4.68. The molecule has 0 aliphatic rings. The SMILES string of the molecule is C=CC[Se]C(=O)Cc1c(C)n(C(=O)c2ccc(Cl)cc2)c2ccc(OC)cc12. The second kappa shape index (κ2) is 8.78. The van der Waals surface area contributed by atoms with E-state index in [2.05, 4.69) is 6.58 Å². The molecule has 0 unspecified atom stereocenters. The van der Waals surface area contributed by atoms with Crippen molar-refractivity contribution in [3.05, 3.63) is 77.0 Å². The summed E-state index contributed by atoms with van der Waals surface area (Å²) in [6.07, 6.45) is 2.06. The van der Waals surface area contributed by atoms with Gasteiger partial charge in [-0.25, -0.2) is 0 Å². The van der Waals surface area contributed by atoms with Crippen molar-refractivity contribution in [1.29, 1.82) is 0 Å². The monoisotopic (exact) mass is 461 g/mol. The van der Waals surface area contributed by atoms with Gasteiger partial charge < -0.3 is 0 Å². The summed E-state index contributed by atoms with van der Waals surface area (Å²) < 4.78 is 7.20. The third kappa shape index (κ3) is 4.07. The van der Waals surface area contributed by atoms with Crippen molar-refractivity contribution in [3.8, 4) is 5.75 Å². The average molecular weight is 461 g/mol. The van der Waals surface area contributed by atoms with Gasteiger partial charge in [-0.15, -0.1) is 0 Å². The molecule has 1 aromatic heterocycles. The Balaban J connectivity index is 2.13. The zero-order valence-electron chi connectivity index (χ0n) is 15.7. The van der Waals surface area contributed by atoms with Gasteiger partial charge in [-0.3, -0.25) is 0 Å². The molecular weight excluding hydrogens is 441 g/mol. The van der Waals surface area contributed by atoms with Gasteiger partial charge in [0.2, 0.25) is 0 Å². The van der Waals surface area contributed by atoms with E-state index in [1.54, 1.807) is 42.0 Å². The molecule has 0 atom stereocenters. The van der Waals surface area contributed by atoms with Crippen LogP contribution in [0.4, 0.5) is 0 Å². The van der Waals surface area contributed by atoms with Gasteiger partial charge in [0.15, 0.2) is 0 Å². The van der Waals surface area contributed by atoms with Crippen molar-refractivity contribution in [2.24, 2.45) is 0 Å². The van der Waals surface area contributed by atoms with Gasteiger partial charge in [-0.2, -0.15) is 0 Å². The van der Waals surface area contributed by atoms with Crippen molar-refractivity contribution < 1.29 is 14.3 Å². The number of benzene rings is 2. The maximum absolute atomic E-state index is 13.2. The van der Waals surface area contributed by atoms with Crippen LogP contribution in [0.1, 0.15) is 21.6 Å². The number of carbonyl (C=O) groups excluding carboxylic acids is 2. The van der Waals surface area contributed by atoms with Crippen molar-refractivity contribution in [2.75, 3.05) is 7.11 Å². The first-order chi connectivity index (χ1) is 13.5. The molecule has 144 valence electrons. The molecule has 0 saturated carbocycles. The first kappa shape index (κ1) is 20.4. The zero-order valence-corrected chi connectivity index (χ0v) is 18.2. The summed E-state index contributed by atoms with van der Waals surface area (Å²) in [6.45, 7) is 5.56. The Morgan fingerprint density at radius 1 is 1.21 bits per heavy atom. The second-order valence-corrected chi connectivity index (χ2v) is 8.94. The van der Waals surface area contributed by atoms with Gasteiger partial charge in [0.05, 0.1) is 0 Å². The van der Waals surface area contributed by atoms with Gasteiger partial charge >= 0.3 is 175 Å². The summed E-state index contributed by atoms with van der Waals surface area (Å²) in [5.41, 5.74) is 2.93. The number of nitrogens with zero attached hydrogens (tertiary/aromatic N) is 1. The molecule has 0 amide bonds. The minimum absolute atomic E-state index is 0.151. The van der Waals surface area contributed by atoms with Crippen molar-refractivity contribution in [1.82, 2.24) is 4.57 Å². The molecule has 0 spiro atoms. The standard InChI is InChI=1S/C22H20ClNO3Se/c1-4-11-28-21(25)13-18-14(2)24(20-10-9-17(27-3)12-19(18)20)22(26)15-5-7-16(23)8-6-15/h4-10,12H,1,11,13H2,2-3H3. The number of ether oxygens (including phenoxy) is 1. The molecule has 6 heteroatoms. The van der Waals surface area contributed by atoms with Crippen LogP contribution in [0.3, 0.4) is 0 Å². The number of aromatic nitrogens is 1. The van der Waals surface area contributed by atoms with Crippen LogP contribution in [0, 0.1) is 6.92 Å². The quantitative estimate of drug-likeness (QED) is 0.380.